The van der Waals surface area contributed by atoms with Gasteiger partial charge in [-0.05, 0) is 157 Å². The summed E-state index contributed by atoms with van der Waals surface area (Å²) >= 11 is 2.01. The van der Waals surface area contributed by atoms with Crippen molar-refractivity contribution in [3.05, 3.63) is 124 Å². The van der Waals surface area contributed by atoms with Crippen LogP contribution in [0.3, 0.4) is 0 Å². The molecule has 316 valence electrons. The number of rotatable bonds is 2. The molecule has 5 aromatic carbocycles. The van der Waals surface area contributed by atoms with Crippen molar-refractivity contribution in [1.82, 2.24) is 0 Å². The quantitative estimate of drug-likeness (QED) is 0.160. The molecule has 0 unspecified atom stereocenters. The first kappa shape index (κ1) is 42.0. The van der Waals surface area contributed by atoms with Gasteiger partial charge in [-0.25, -0.2) is 0 Å². The molecule has 1 aliphatic carbocycles. The summed E-state index contributed by atoms with van der Waals surface area (Å²) in [7, 11) is 0. The Morgan fingerprint density at radius 2 is 1.05 bits per heavy atom. The van der Waals surface area contributed by atoms with Crippen LogP contribution in [0.1, 0.15) is 163 Å². The van der Waals surface area contributed by atoms with E-state index in [0.717, 1.165) is 0 Å². The van der Waals surface area contributed by atoms with E-state index in [1.165, 1.54) is 112 Å². The first-order valence-electron chi connectivity index (χ1n) is 22.9. The smallest absolute Gasteiger partial charge is 0.264 e. The number of hydrogen-bond donors (Lipinski definition) is 0. The molecule has 0 radical (unpaired) electrons. The first-order valence-corrected chi connectivity index (χ1v) is 23.7. The maximum absolute atomic E-state index is 2.69. The molecule has 1 aromatic heterocycles. The van der Waals surface area contributed by atoms with Crippen molar-refractivity contribution in [3.8, 4) is 0 Å². The zero-order chi connectivity index (χ0) is 44.1. The second kappa shape index (κ2) is 13.4. The second-order valence-corrected chi connectivity index (χ2v) is 25.5. The molecule has 0 spiro atoms. The Labute approximate surface area is 372 Å². The molecular weight excluding hydrogens is 756 g/mol. The predicted molar refractivity (Wildman–Crippen MR) is 271 cm³/mol. The predicted octanol–water partition coefficient (Wildman–Crippen LogP) is 14.8. The SMILES string of the molecule is Cc1cc2c3c(c1)N(c1ccc4c(c1)C(C)(C)CCC4(C)C)c1c(sc4ccc(C(C)(C)C)cc14)B3c1ccc(C(C)(C)C)cc1N2c1cc(C(C)(C)C)cc(C(C)(C)C)c1. The Hall–Kier alpha value is -4.28. The first-order chi connectivity index (χ1) is 28.1. The third-order valence-corrected chi connectivity index (χ3v) is 15.8. The molecule has 0 fully saturated rings. The fourth-order valence-corrected chi connectivity index (χ4v) is 11.7. The van der Waals surface area contributed by atoms with E-state index in [9.17, 15) is 0 Å². The van der Waals surface area contributed by atoms with E-state index >= 15 is 0 Å². The third kappa shape index (κ3) is 6.81. The van der Waals surface area contributed by atoms with Gasteiger partial charge in [-0.15, -0.1) is 11.3 Å². The van der Waals surface area contributed by atoms with Crippen LogP contribution < -0.4 is 25.5 Å². The summed E-state index contributed by atoms with van der Waals surface area (Å²) in [6.07, 6.45) is 2.39. The van der Waals surface area contributed by atoms with Crippen LogP contribution in [0.2, 0.25) is 0 Å². The molecule has 4 heteroatoms. The summed E-state index contributed by atoms with van der Waals surface area (Å²) in [5.41, 5.74) is 20.6. The summed E-state index contributed by atoms with van der Waals surface area (Å²) in [6, 6.07) is 34.7. The molecule has 9 rings (SSSR count). The van der Waals surface area contributed by atoms with Gasteiger partial charge in [0.25, 0.3) is 6.71 Å². The van der Waals surface area contributed by atoms with Crippen LogP contribution in [0.15, 0.2) is 84.9 Å². The molecule has 0 bridgehead atoms. The van der Waals surface area contributed by atoms with Gasteiger partial charge in [0.2, 0.25) is 0 Å². The summed E-state index contributed by atoms with van der Waals surface area (Å²) in [5.74, 6) is 0. The van der Waals surface area contributed by atoms with Gasteiger partial charge >= 0.3 is 0 Å². The van der Waals surface area contributed by atoms with E-state index in [0.29, 0.717) is 0 Å². The van der Waals surface area contributed by atoms with Crippen molar-refractivity contribution in [2.24, 2.45) is 0 Å². The number of anilines is 6. The Balaban J connectivity index is 1.42. The maximum Gasteiger partial charge on any atom is 0.264 e. The molecular formula is C57H69BN2S. The van der Waals surface area contributed by atoms with Crippen molar-refractivity contribution in [2.75, 3.05) is 9.80 Å². The Morgan fingerprint density at radius 3 is 1.64 bits per heavy atom. The van der Waals surface area contributed by atoms with Crippen LogP contribution in [-0.4, -0.2) is 6.71 Å². The molecule has 2 aliphatic heterocycles. The number of thiophene rings is 1. The van der Waals surface area contributed by atoms with Crippen molar-refractivity contribution in [1.29, 1.82) is 0 Å². The van der Waals surface area contributed by atoms with Gasteiger partial charge < -0.3 is 9.80 Å². The van der Waals surface area contributed by atoms with Gasteiger partial charge in [-0.1, -0.05) is 141 Å². The summed E-state index contributed by atoms with van der Waals surface area (Å²) in [5, 5.41) is 1.36. The lowest BCUT2D eigenvalue weighted by molar-refractivity contribution is 0.332. The van der Waals surface area contributed by atoms with E-state index in [1.807, 2.05) is 11.3 Å². The largest absolute Gasteiger partial charge is 0.311 e. The normalized spacial score (nSPS) is 17.0. The zero-order valence-electron chi connectivity index (χ0n) is 40.4. The number of aryl methyl sites for hydroxylation is 1. The molecule has 0 atom stereocenters. The number of nitrogens with zero attached hydrogens (tertiary/aromatic N) is 2. The number of benzene rings is 5. The lowest BCUT2D eigenvalue weighted by Gasteiger charge is -2.45. The van der Waals surface area contributed by atoms with Crippen LogP contribution in [-0.2, 0) is 32.5 Å². The van der Waals surface area contributed by atoms with Crippen LogP contribution >= 0.6 is 11.3 Å². The highest BCUT2D eigenvalue weighted by Gasteiger charge is 2.47. The van der Waals surface area contributed by atoms with Crippen molar-refractivity contribution < 1.29 is 0 Å². The molecule has 0 amide bonds. The molecule has 0 saturated heterocycles. The van der Waals surface area contributed by atoms with Crippen LogP contribution in [0.4, 0.5) is 34.1 Å². The lowest BCUT2D eigenvalue weighted by Crippen LogP contribution is -2.60. The Kier molecular flexibility index (Phi) is 9.22. The summed E-state index contributed by atoms with van der Waals surface area (Å²) in [6.45, 7) is 40.5. The molecule has 0 saturated carbocycles. The minimum Gasteiger partial charge on any atom is -0.311 e. The zero-order valence-corrected chi connectivity index (χ0v) is 41.2. The highest BCUT2D eigenvalue weighted by molar-refractivity contribution is 7.33. The van der Waals surface area contributed by atoms with E-state index in [-0.39, 0.29) is 39.2 Å². The molecule has 0 N–H and O–H groups in total. The maximum atomic E-state index is 2.69. The fraction of sp³-hybridized carbons (Fsp3) is 0.439. The van der Waals surface area contributed by atoms with Crippen LogP contribution in [0.5, 0.6) is 0 Å². The van der Waals surface area contributed by atoms with Crippen molar-refractivity contribution >= 4 is 78.0 Å². The van der Waals surface area contributed by atoms with Crippen molar-refractivity contribution in [3.63, 3.8) is 0 Å². The molecule has 2 nitrogen and oxygen atoms in total. The van der Waals surface area contributed by atoms with Gasteiger partial charge in [-0.3, -0.25) is 0 Å². The van der Waals surface area contributed by atoms with Crippen LogP contribution in [0, 0.1) is 6.92 Å². The second-order valence-electron chi connectivity index (χ2n) is 24.4. The summed E-state index contributed by atoms with van der Waals surface area (Å²) < 4.78 is 2.80. The number of hydrogen-bond acceptors (Lipinski definition) is 3. The minimum atomic E-state index is -0.0140. The Morgan fingerprint density at radius 1 is 0.508 bits per heavy atom. The standard InChI is InChI=1S/C57H69BN2S/c1-34-26-46-49-47(27-34)60(39-20-21-42-43(33-39)57(16,17)25-24-56(42,14)15)50-41-31-35(52(2,3)4)19-23-48(41)61-51(50)58(49)44-22-18-36(53(5,6)7)32-45(44)59(46)40-29-37(54(8,9)10)28-38(30-40)55(11,12)13/h18-23,26-33H,24-25H2,1-17H3. The highest BCUT2D eigenvalue weighted by atomic mass is 32.1. The molecule has 3 heterocycles. The van der Waals surface area contributed by atoms with Gasteiger partial charge in [0, 0.05) is 43.3 Å². The molecule has 61 heavy (non-hydrogen) atoms. The van der Waals surface area contributed by atoms with E-state index < -0.39 is 0 Å². The monoisotopic (exact) mass is 825 g/mol. The lowest BCUT2D eigenvalue weighted by atomic mass is 9.36. The van der Waals surface area contributed by atoms with Gasteiger partial charge in [0.1, 0.15) is 0 Å². The average molecular weight is 825 g/mol. The topological polar surface area (TPSA) is 6.48 Å². The van der Waals surface area contributed by atoms with Gasteiger partial charge in [0.15, 0.2) is 0 Å². The van der Waals surface area contributed by atoms with Gasteiger partial charge in [0.05, 0.1) is 5.69 Å². The van der Waals surface area contributed by atoms with Gasteiger partial charge in [-0.2, -0.15) is 0 Å². The highest BCUT2D eigenvalue weighted by Crippen LogP contribution is 2.52. The van der Waals surface area contributed by atoms with Crippen LogP contribution in [0.25, 0.3) is 10.1 Å². The van der Waals surface area contributed by atoms with E-state index in [2.05, 4.69) is 212 Å². The Bertz CT molecular complexity index is 2740. The number of fused-ring (bicyclic) bond motifs is 7. The van der Waals surface area contributed by atoms with E-state index in [1.54, 1.807) is 0 Å². The third-order valence-electron chi connectivity index (χ3n) is 14.5. The van der Waals surface area contributed by atoms with Crippen molar-refractivity contribution in [2.45, 2.75) is 163 Å². The van der Waals surface area contributed by atoms with E-state index in [4.69, 9.17) is 0 Å². The minimum absolute atomic E-state index is 0.00709. The fourth-order valence-electron chi connectivity index (χ4n) is 10.4. The molecule has 3 aliphatic rings. The average Bonchev–Trinajstić information content (AvgIpc) is 3.53. The summed E-state index contributed by atoms with van der Waals surface area (Å²) in [4.78, 5) is 5.35. The molecule has 6 aromatic rings.